The fourth-order valence-electron chi connectivity index (χ4n) is 4.93. The number of para-hydroxylation sites is 1. The van der Waals surface area contributed by atoms with Gasteiger partial charge in [0.25, 0.3) is 5.91 Å². The number of nitrogens with zero attached hydrogens (tertiary/aromatic N) is 3. The van der Waals surface area contributed by atoms with Crippen molar-refractivity contribution in [2.45, 2.75) is 39.3 Å². The van der Waals surface area contributed by atoms with E-state index >= 15 is 0 Å². The van der Waals surface area contributed by atoms with Crippen LogP contribution in [0.1, 0.15) is 53.5 Å². The molecule has 0 spiro atoms. The van der Waals surface area contributed by atoms with Gasteiger partial charge in [-0.25, -0.2) is 0 Å². The van der Waals surface area contributed by atoms with Crippen LogP contribution < -0.4 is 0 Å². The Labute approximate surface area is 184 Å². The number of aromatic nitrogens is 1. The highest BCUT2D eigenvalue weighted by atomic mass is 16.2. The molecule has 0 fully saturated rings. The molecule has 0 N–H and O–H groups in total. The number of hydrogen-bond acceptors (Lipinski definition) is 2. The normalized spacial score (nSPS) is 16.8. The molecular weight excluding hydrogens is 386 g/mol. The zero-order valence-electron chi connectivity index (χ0n) is 19.2. The van der Waals surface area contributed by atoms with Crippen LogP contribution in [0.4, 0.5) is 0 Å². The largest absolute Gasteiger partial charge is 0.348 e. The van der Waals surface area contributed by atoms with Gasteiger partial charge in [0.1, 0.15) is 6.04 Å². The number of hydrogen-bond donors (Lipinski definition) is 0. The molecule has 162 valence electrons. The zero-order valence-corrected chi connectivity index (χ0v) is 19.2. The highest BCUT2D eigenvalue weighted by molar-refractivity contribution is 6.03. The van der Waals surface area contributed by atoms with E-state index in [1.54, 1.807) is 19.0 Å². The Kier molecular flexibility index (Phi) is 5.38. The predicted octanol–water partition coefficient (Wildman–Crippen LogP) is 4.53. The summed E-state index contributed by atoms with van der Waals surface area (Å²) in [4.78, 5) is 30.5. The number of aryl methyl sites for hydroxylation is 1. The summed E-state index contributed by atoms with van der Waals surface area (Å²) in [6, 6.07) is 15.3. The third-order valence-electron chi connectivity index (χ3n) is 6.48. The Bertz CT molecular complexity index is 1160. The van der Waals surface area contributed by atoms with Crippen molar-refractivity contribution < 1.29 is 9.59 Å². The van der Waals surface area contributed by atoms with Gasteiger partial charge >= 0.3 is 0 Å². The highest BCUT2D eigenvalue weighted by Gasteiger charge is 2.45. The number of carbonyl (C=O) groups is 2. The Morgan fingerprint density at radius 1 is 1.06 bits per heavy atom. The van der Waals surface area contributed by atoms with E-state index in [0.29, 0.717) is 12.0 Å². The van der Waals surface area contributed by atoms with Gasteiger partial charge in [0.05, 0.1) is 6.04 Å². The minimum atomic E-state index is -0.515. The van der Waals surface area contributed by atoms with Gasteiger partial charge in [0.2, 0.25) is 5.91 Å². The van der Waals surface area contributed by atoms with Gasteiger partial charge in [0.15, 0.2) is 0 Å². The average molecular weight is 418 g/mol. The molecule has 5 nitrogen and oxygen atoms in total. The van der Waals surface area contributed by atoms with Gasteiger partial charge in [-0.15, -0.1) is 0 Å². The molecular formula is C26H31N3O2. The van der Waals surface area contributed by atoms with Crippen molar-refractivity contribution in [2.24, 2.45) is 13.0 Å². The van der Waals surface area contributed by atoms with E-state index in [9.17, 15) is 9.59 Å². The van der Waals surface area contributed by atoms with Crippen LogP contribution in [-0.2, 0) is 11.8 Å². The lowest BCUT2D eigenvalue weighted by atomic mass is 9.93. The highest BCUT2D eigenvalue weighted by Crippen LogP contribution is 2.45. The molecule has 2 amide bonds. The number of amides is 2. The van der Waals surface area contributed by atoms with Gasteiger partial charge in [-0.2, -0.15) is 0 Å². The number of rotatable bonds is 5. The molecule has 0 aliphatic carbocycles. The number of benzene rings is 2. The molecule has 4 rings (SSSR count). The molecule has 2 atom stereocenters. The molecule has 2 unspecified atom stereocenters. The van der Waals surface area contributed by atoms with E-state index in [4.69, 9.17) is 0 Å². The molecule has 1 aliphatic heterocycles. The molecule has 5 heteroatoms. The first-order chi connectivity index (χ1) is 14.7. The van der Waals surface area contributed by atoms with Gasteiger partial charge in [-0.1, -0.05) is 50.2 Å². The minimum absolute atomic E-state index is 0.0299. The quantitative estimate of drug-likeness (QED) is 0.612. The summed E-state index contributed by atoms with van der Waals surface area (Å²) >= 11 is 0. The average Bonchev–Trinajstić information content (AvgIpc) is 3.17. The smallest absolute Gasteiger partial charge is 0.255 e. The first kappa shape index (κ1) is 21.2. The fraction of sp³-hybridized carbons (Fsp3) is 0.385. The lowest BCUT2D eigenvalue weighted by Gasteiger charge is -2.35. The van der Waals surface area contributed by atoms with Crippen LogP contribution in [0.3, 0.4) is 0 Å². The van der Waals surface area contributed by atoms with E-state index in [-0.39, 0.29) is 23.8 Å². The van der Waals surface area contributed by atoms with Crippen molar-refractivity contribution in [3.05, 3.63) is 70.9 Å². The van der Waals surface area contributed by atoms with Crippen molar-refractivity contribution in [3.8, 4) is 0 Å². The first-order valence-electron chi connectivity index (χ1n) is 10.9. The van der Waals surface area contributed by atoms with Crippen molar-refractivity contribution in [1.82, 2.24) is 14.4 Å². The topological polar surface area (TPSA) is 45.6 Å². The molecule has 2 aromatic carbocycles. The Morgan fingerprint density at radius 3 is 2.39 bits per heavy atom. The molecule has 31 heavy (non-hydrogen) atoms. The van der Waals surface area contributed by atoms with E-state index in [1.807, 2.05) is 41.3 Å². The summed E-state index contributed by atoms with van der Waals surface area (Å²) in [6.07, 6.45) is 0.622. The van der Waals surface area contributed by atoms with Crippen LogP contribution in [-0.4, -0.2) is 46.3 Å². The predicted molar refractivity (Wildman–Crippen MR) is 124 cm³/mol. The van der Waals surface area contributed by atoms with Crippen molar-refractivity contribution in [2.75, 3.05) is 14.1 Å². The summed E-state index contributed by atoms with van der Waals surface area (Å²) < 4.78 is 2.18. The van der Waals surface area contributed by atoms with Crippen LogP contribution in [0, 0.1) is 12.8 Å². The summed E-state index contributed by atoms with van der Waals surface area (Å²) in [5.74, 6) is 0.186. The molecule has 3 aromatic rings. The lowest BCUT2D eigenvalue weighted by molar-refractivity contribution is -0.134. The van der Waals surface area contributed by atoms with Crippen LogP contribution >= 0.6 is 0 Å². The number of likely N-dealkylation sites (N-methyl/N-ethyl adjacent to an activating group) is 1. The Morgan fingerprint density at radius 2 is 1.71 bits per heavy atom. The molecule has 0 saturated heterocycles. The number of carbonyl (C=O) groups excluding carboxylic acids is 2. The maximum Gasteiger partial charge on any atom is 0.255 e. The van der Waals surface area contributed by atoms with Crippen molar-refractivity contribution in [3.63, 3.8) is 0 Å². The molecule has 1 aromatic heterocycles. The van der Waals surface area contributed by atoms with E-state index < -0.39 is 6.04 Å². The second kappa shape index (κ2) is 7.88. The minimum Gasteiger partial charge on any atom is -0.348 e. The number of fused-ring (bicyclic) bond motifs is 2. The molecule has 0 saturated carbocycles. The maximum atomic E-state index is 13.7. The fourth-order valence-corrected chi connectivity index (χ4v) is 4.93. The van der Waals surface area contributed by atoms with Crippen molar-refractivity contribution in [1.29, 1.82) is 0 Å². The van der Waals surface area contributed by atoms with Crippen LogP contribution in [0.5, 0.6) is 0 Å². The second-order valence-corrected chi connectivity index (χ2v) is 9.16. The van der Waals surface area contributed by atoms with Crippen LogP contribution in [0.15, 0.2) is 48.5 Å². The van der Waals surface area contributed by atoms with Gasteiger partial charge in [0, 0.05) is 48.9 Å². The summed E-state index contributed by atoms with van der Waals surface area (Å²) in [5.41, 5.74) is 5.02. The van der Waals surface area contributed by atoms with Gasteiger partial charge < -0.3 is 14.4 Å². The third-order valence-corrected chi connectivity index (χ3v) is 6.48. The van der Waals surface area contributed by atoms with E-state index in [0.717, 1.165) is 27.7 Å². The molecule has 0 radical (unpaired) electrons. The maximum absolute atomic E-state index is 13.7. The monoisotopic (exact) mass is 417 g/mol. The van der Waals surface area contributed by atoms with Gasteiger partial charge in [-0.3, -0.25) is 9.59 Å². The molecule has 1 aliphatic rings. The SMILES string of the molecule is Cc1c(C2c3ccccc3C(=O)N2C(CC(C)C)C(=O)N(C)C)c2ccccc2n1C. The van der Waals surface area contributed by atoms with Crippen LogP contribution in [0.25, 0.3) is 10.9 Å². The van der Waals surface area contributed by atoms with Crippen LogP contribution in [0.2, 0.25) is 0 Å². The third kappa shape index (κ3) is 3.32. The standard InChI is InChI=1S/C26H31N3O2/c1-16(2)15-22(26(31)27(4)5)29-24(18-11-7-8-12-19(18)25(29)30)23-17(3)28(6)21-14-10-9-13-20(21)23/h7-14,16,22,24H,15H2,1-6H3. The molecule has 2 heterocycles. The summed E-state index contributed by atoms with van der Waals surface area (Å²) in [6.45, 7) is 6.30. The second-order valence-electron chi connectivity index (χ2n) is 9.16. The van der Waals surface area contributed by atoms with Crippen molar-refractivity contribution >= 4 is 22.7 Å². The summed E-state index contributed by atoms with van der Waals surface area (Å²) in [7, 11) is 5.59. The Hall–Kier alpha value is -3.08. The lowest BCUT2D eigenvalue weighted by Crippen LogP contribution is -2.49. The van der Waals surface area contributed by atoms with E-state index in [1.165, 1.54) is 0 Å². The first-order valence-corrected chi connectivity index (χ1v) is 10.9. The summed E-state index contributed by atoms with van der Waals surface area (Å²) in [5, 5.41) is 1.13. The van der Waals surface area contributed by atoms with Gasteiger partial charge in [-0.05, 0) is 37.0 Å². The molecule has 0 bridgehead atoms. The Balaban J connectivity index is 1.99. The zero-order chi connectivity index (χ0) is 22.4. The van der Waals surface area contributed by atoms with E-state index in [2.05, 4.69) is 44.5 Å².